The van der Waals surface area contributed by atoms with E-state index < -0.39 is 5.41 Å². The normalized spacial score (nSPS) is 15.0. The lowest BCUT2D eigenvalue weighted by atomic mass is 9.72. The summed E-state index contributed by atoms with van der Waals surface area (Å²) in [5.41, 5.74) is 2.55. The lowest BCUT2D eigenvalue weighted by Gasteiger charge is -2.34. The van der Waals surface area contributed by atoms with Crippen molar-refractivity contribution in [3.8, 4) is 6.07 Å². The second-order valence-electron chi connectivity index (χ2n) is 8.18. The molecule has 5 heteroatoms. The summed E-state index contributed by atoms with van der Waals surface area (Å²) in [4.78, 5) is 6.60. The van der Waals surface area contributed by atoms with Gasteiger partial charge in [0.05, 0.1) is 12.3 Å². The zero-order chi connectivity index (χ0) is 22.1. The largest absolute Gasteiger partial charge is 0.300 e. The summed E-state index contributed by atoms with van der Waals surface area (Å²) >= 11 is 0. The van der Waals surface area contributed by atoms with Crippen molar-refractivity contribution < 1.29 is 0 Å². The van der Waals surface area contributed by atoms with Gasteiger partial charge in [-0.05, 0) is 36.6 Å². The summed E-state index contributed by atoms with van der Waals surface area (Å²) < 4.78 is 0. The van der Waals surface area contributed by atoms with Crippen LogP contribution in [0.4, 0.5) is 0 Å². The minimum Gasteiger partial charge on any atom is -0.300 e. The Balaban J connectivity index is 1.34. The van der Waals surface area contributed by atoms with Crippen molar-refractivity contribution in [2.75, 3.05) is 32.7 Å². The minimum atomic E-state index is -0.613. The number of rotatable bonds is 8. The molecule has 1 saturated heterocycles. The SMILES string of the molecule is N#CC(CCCN1CCN(/N=C/c2cccnc2)CC1)(c1ccccc1)c1ccccc1. The quantitative estimate of drug-likeness (QED) is 0.506. The van der Waals surface area contributed by atoms with Crippen molar-refractivity contribution in [3.63, 3.8) is 0 Å². The number of nitriles is 1. The lowest BCUT2D eigenvalue weighted by molar-refractivity contribution is 0.134. The molecule has 0 atom stereocenters. The first-order chi connectivity index (χ1) is 15.8. The third-order valence-corrected chi connectivity index (χ3v) is 6.15. The van der Waals surface area contributed by atoms with E-state index >= 15 is 0 Å². The van der Waals surface area contributed by atoms with Gasteiger partial charge in [-0.2, -0.15) is 10.4 Å². The van der Waals surface area contributed by atoms with Gasteiger partial charge >= 0.3 is 0 Å². The first-order valence-corrected chi connectivity index (χ1v) is 11.2. The van der Waals surface area contributed by atoms with E-state index in [4.69, 9.17) is 0 Å². The number of hydrogen-bond acceptors (Lipinski definition) is 5. The Kier molecular flexibility index (Phi) is 7.27. The molecule has 1 aromatic heterocycles. The molecule has 0 amide bonds. The number of benzene rings is 2. The van der Waals surface area contributed by atoms with E-state index in [9.17, 15) is 5.26 Å². The van der Waals surface area contributed by atoms with Crippen LogP contribution in [0, 0.1) is 11.3 Å². The molecule has 1 aliphatic rings. The molecule has 32 heavy (non-hydrogen) atoms. The van der Waals surface area contributed by atoms with Gasteiger partial charge in [0.1, 0.15) is 5.41 Å². The van der Waals surface area contributed by atoms with Gasteiger partial charge in [-0.3, -0.25) is 14.9 Å². The Morgan fingerprint density at radius 2 is 1.56 bits per heavy atom. The molecule has 1 fully saturated rings. The number of aromatic nitrogens is 1. The van der Waals surface area contributed by atoms with Crippen LogP contribution in [-0.4, -0.2) is 53.8 Å². The highest BCUT2D eigenvalue weighted by molar-refractivity contribution is 5.78. The number of hydrogen-bond donors (Lipinski definition) is 0. The van der Waals surface area contributed by atoms with Crippen molar-refractivity contribution in [1.82, 2.24) is 14.9 Å². The molecule has 0 saturated carbocycles. The molecule has 0 unspecified atom stereocenters. The predicted octanol–water partition coefficient (Wildman–Crippen LogP) is 4.32. The van der Waals surface area contributed by atoms with E-state index in [0.717, 1.165) is 62.3 Å². The summed E-state index contributed by atoms with van der Waals surface area (Å²) in [6.07, 6.45) is 7.24. The van der Waals surface area contributed by atoms with Crippen LogP contribution in [-0.2, 0) is 5.41 Å². The van der Waals surface area contributed by atoms with Gasteiger partial charge in [0, 0.05) is 44.1 Å². The first-order valence-electron chi connectivity index (χ1n) is 11.2. The molecule has 4 rings (SSSR count). The van der Waals surface area contributed by atoms with Crippen LogP contribution >= 0.6 is 0 Å². The maximum atomic E-state index is 10.3. The Hall–Kier alpha value is -3.49. The van der Waals surface area contributed by atoms with Crippen LogP contribution in [0.1, 0.15) is 29.5 Å². The Bertz CT molecular complexity index is 980. The zero-order valence-corrected chi connectivity index (χ0v) is 18.3. The van der Waals surface area contributed by atoms with Crippen LogP contribution in [0.25, 0.3) is 0 Å². The molecule has 0 radical (unpaired) electrons. The van der Waals surface area contributed by atoms with Crippen LogP contribution in [0.15, 0.2) is 90.3 Å². The fourth-order valence-corrected chi connectivity index (χ4v) is 4.33. The second kappa shape index (κ2) is 10.7. The van der Waals surface area contributed by atoms with Crippen molar-refractivity contribution in [1.29, 1.82) is 5.26 Å². The third-order valence-electron chi connectivity index (χ3n) is 6.15. The molecule has 0 aliphatic carbocycles. The molecule has 2 heterocycles. The van der Waals surface area contributed by atoms with E-state index in [0.29, 0.717) is 0 Å². The van der Waals surface area contributed by atoms with Crippen LogP contribution in [0.5, 0.6) is 0 Å². The molecule has 0 bridgehead atoms. The van der Waals surface area contributed by atoms with E-state index in [2.05, 4.69) is 50.3 Å². The molecule has 162 valence electrons. The standard InChI is InChI=1S/C27H29N5/c28-23-27(25-10-3-1-4-11-25,26-12-5-2-6-13-26)14-8-16-31-17-19-32(20-18-31)30-22-24-9-7-15-29-21-24/h1-7,9-13,15,21-22H,8,14,16-20H2/b30-22+. The van der Waals surface area contributed by atoms with Crippen molar-refractivity contribution in [3.05, 3.63) is 102 Å². The average molecular weight is 424 g/mol. The number of hydrazone groups is 1. The second-order valence-corrected chi connectivity index (χ2v) is 8.18. The number of nitrogens with zero attached hydrogens (tertiary/aromatic N) is 5. The van der Waals surface area contributed by atoms with Crippen molar-refractivity contribution >= 4 is 6.21 Å². The van der Waals surface area contributed by atoms with Crippen molar-refractivity contribution in [2.45, 2.75) is 18.3 Å². The average Bonchev–Trinajstić information content (AvgIpc) is 2.88. The Labute approximate surface area is 190 Å². The molecule has 1 aliphatic heterocycles. The molecule has 0 N–H and O–H groups in total. The van der Waals surface area contributed by atoms with E-state index in [1.165, 1.54) is 0 Å². The minimum absolute atomic E-state index is 0.613. The topological polar surface area (TPSA) is 55.5 Å². The van der Waals surface area contributed by atoms with Crippen LogP contribution in [0.2, 0.25) is 0 Å². The highest BCUT2D eigenvalue weighted by Crippen LogP contribution is 2.36. The van der Waals surface area contributed by atoms with Gasteiger partial charge in [-0.1, -0.05) is 66.7 Å². The highest BCUT2D eigenvalue weighted by Gasteiger charge is 2.34. The molecular weight excluding hydrogens is 394 g/mol. The van der Waals surface area contributed by atoms with Crippen LogP contribution in [0.3, 0.4) is 0 Å². The summed E-state index contributed by atoms with van der Waals surface area (Å²) in [5, 5.41) is 17.0. The summed E-state index contributed by atoms with van der Waals surface area (Å²) in [7, 11) is 0. The van der Waals surface area contributed by atoms with Crippen LogP contribution < -0.4 is 0 Å². The smallest absolute Gasteiger partial charge is 0.107 e. The number of piperazine rings is 1. The van der Waals surface area contributed by atoms with Gasteiger partial charge in [-0.15, -0.1) is 0 Å². The molecule has 0 spiro atoms. The summed E-state index contributed by atoms with van der Waals surface area (Å²) in [6.45, 7) is 4.79. The van der Waals surface area contributed by atoms with E-state index in [1.54, 1.807) is 6.20 Å². The summed E-state index contributed by atoms with van der Waals surface area (Å²) in [5.74, 6) is 0. The highest BCUT2D eigenvalue weighted by atomic mass is 15.5. The maximum Gasteiger partial charge on any atom is 0.107 e. The van der Waals surface area contributed by atoms with Gasteiger partial charge in [0.15, 0.2) is 0 Å². The maximum absolute atomic E-state index is 10.3. The van der Waals surface area contributed by atoms with Gasteiger partial charge in [0.25, 0.3) is 0 Å². The van der Waals surface area contributed by atoms with Gasteiger partial charge < -0.3 is 0 Å². The van der Waals surface area contributed by atoms with Gasteiger partial charge in [0.2, 0.25) is 0 Å². The van der Waals surface area contributed by atoms with Gasteiger partial charge in [-0.25, -0.2) is 0 Å². The van der Waals surface area contributed by atoms with E-state index in [-0.39, 0.29) is 0 Å². The summed E-state index contributed by atoms with van der Waals surface area (Å²) in [6, 6.07) is 27.0. The monoisotopic (exact) mass is 423 g/mol. The molecule has 2 aromatic carbocycles. The Morgan fingerprint density at radius 3 is 2.12 bits per heavy atom. The predicted molar refractivity (Wildman–Crippen MR) is 128 cm³/mol. The zero-order valence-electron chi connectivity index (χ0n) is 18.3. The fourth-order valence-electron chi connectivity index (χ4n) is 4.33. The molecule has 3 aromatic rings. The molecular formula is C27H29N5. The molecule has 5 nitrogen and oxygen atoms in total. The lowest BCUT2D eigenvalue weighted by Crippen LogP contribution is -2.44. The fraction of sp³-hybridized carbons (Fsp3) is 0.296. The van der Waals surface area contributed by atoms with E-state index in [1.807, 2.05) is 60.9 Å². The first kappa shape index (κ1) is 21.7. The third kappa shape index (κ3) is 5.22. The number of pyridine rings is 1. The Morgan fingerprint density at radius 1 is 0.906 bits per heavy atom. The van der Waals surface area contributed by atoms with Crippen molar-refractivity contribution in [2.24, 2.45) is 5.10 Å².